The minimum Gasteiger partial charge on any atom is -0.378 e. The summed E-state index contributed by atoms with van der Waals surface area (Å²) in [5.41, 5.74) is 4.82. The molecule has 2 unspecified atom stereocenters. The van der Waals surface area contributed by atoms with Crippen molar-refractivity contribution in [1.29, 1.82) is 0 Å². The summed E-state index contributed by atoms with van der Waals surface area (Å²) in [6.07, 6.45) is 7.28. The van der Waals surface area contributed by atoms with Crippen LogP contribution in [0, 0.1) is 5.92 Å². The fraction of sp³-hybridized carbons (Fsp3) is 0.933. The van der Waals surface area contributed by atoms with Crippen LogP contribution in [0.5, 0.6) is 0 Å². The van der Waals surface area contributed by atoms with E-state index in [-0.39, 0.29) is 12.0 Å². The highest BCUT2D eigenvalue weighted by atomic mass is 16.5. The molecule has 0 saturated heterocycles. The molecule has 1 fully saturated rings. The van der Waals surface area contributed by atoms with Crippen LogP contribution in [0.1, 0.15) is 59.3 Å². The highest BCUT2D eigenvalue weighted by Crippen LogP contribution is 2.24. The standard InChI is InChI=1S/C15H30N2O2/c1-4-17-15(3,14(16)18)10-12(2)19-11-13-8-6-5-7-9-13/h12-13,17H,4-11H2,1-3H3,(H2,16,18). The third-order valence-corrected chi connectivity index (χ3v) is 4.15. The number of nitrogens with two attached hydrogens (primary N) is 1. The van der Waals surface area contributed by atoms with Crippen LogP contribution in [-0.4, -0.2) is 30.7 Å². The second kappa shape index (κ2) is 7.85. The first kappa shape index (κ1) is 16.4. The van der Waals surface area contributed by atoms with E-state index in [1.54, 1.807) is 0 Å². The Hall–Kier alpha value is -0.610. The van der Waals surface area contributed by atoms with E-state index in [1.165, 1.54) is 32.1 Å². The lowest BCUT2D eigenvalue weighted by Crippen LogP contribution is -2.54. The molecule has 0 spiro atoms. The Kier molecular flexibility index (Phi) is 6.80. The van der Waals surface area contributed by atoms with Gasteiger partial charge >= 0.3 is 0 Å². The summed E-state index contributed by atoms with van der Waals surface area (Å²) in [6.45, 7) is 7.42. The first-order valence-corrected chi connectivity index (χ1v) is 7.64. The summed E-state index contributed by atoms with van der Waals surface area (Å²) in [6, 6.07) is 0. The van der Waals surface area contributed by atoms with Crippen LogP contribution in [0.3, 0.4) is 0 Å². The Morgan fingerprint density at radius 1 is 1.42 bits per heavy atom. The van der Waals surface area contributed by atoms with Gasteiger partial charge in [0, 0.05) is 13.0 Å². The molecular weight excluding hydrogens is 240 g/mol. The number of amides is 1. The highest BCUT2D eigenvalue weighted by molar-refractivity contribution is 5.84. The molecule has 4 nitrogen and oxygen atoms in total. The lowest BCUT2D eigenvalue weighted by molar-refractivity contribution is -0.125. The summed E-state index contributed by atoms with van der Waals surface area (Å²) >= 11 is 0. The predicted molar refractivity (Wildman–Crippen MR) is 77.9 cm³/mol. The number of nitrogens with one attached hydrogen (secondary N) is 1. The van der Waals surface area contributed by atoms with Crippen LogP contribution >= 0.6 is 0 Å². The number of hydrogen-bond donors (Lipinski definition) is 2. The Morgan fingerprint density at radius 2 is 2.05 bits per heavy atom. The van der Waals surface area contributed by atoms with E-state index < -0.39 is 5.54 Å². The van der Waals surface area contributed by atoms with Crippen molar-refractivity contribution in [1.82, 2.24) is 5.32 Å². The third-order valence-electron chi connectivity index (χ3n) is 4.15. The maximum atomic E-state index is 11.6. The third kappa shape index (κ3) is 5.49. The van der Waals surface area contributed by atoms with Crippen LogP contribution < -0.4 is 11.1 Å². The van der Waals surface area contributed by atoms with Crippen molar-refractivity contribution in [2.75, 3.05) is 13.2 Å². The smallest absolute Gasteiger partial charge is 0.237 e. The van der Waals surface area contributed by atoms with E-state index in [1.807, 2.05) is 20.8 Å². The van der Waals surface area contributed by atoms with Gasteiger partial charge in [-0.2, -0.15) is 0 Å². The monoisotopic (exact) mass is 270 g/mol. The molecule has 0 aromatic rings. The van der Waals surface area contributed by atoms with Gasteiger partial charge in [0.25, 0.3) is 0 Å². The van der Waals surface area contributed by atoms with Crippen molar-refractivity contribution in [3.63, 3.8) is 0 Å². The summed E-state index contributed by atoms with van der Waals surface area (Å²) in [5.74, 6) is 0.401. The number of carbonyl (C=O) groups excluding carboxylic acids is 1. The minimum atomic E-state index is -0.666. The maximum absolute atomic E-state index is 11.6. The van der Waals surface area contributed by atoms with Crippen LogP contribution in [0.2, 0.25) is 0 Å². The number of likely N-dealkylation sites (N-methyl/N-ethyl adjacent to an activating group) is 1. The Bertz CT molecular complexity index is 277. The van der Waals surface area contributed by atoms with E-state index in [4.69, 9.17) is 10.5 Å². The van der Waals surface area contributed by atoms with Gasteiger partial charge in [0.1, 0.15) is 0 Å². The second-order valence-electron chi connectivity index (χ2n) is 6.08. The maximum Gasteiger partial charge on any atom is 0.237 e. The molecule has 1 saturated carbocycles. The molecule has 3 N–H and O–H groups in total. The molecule has 2 atom stereocenters. The minimum absolute atomic E-state index is 0.0541. The molecule has 0 aromatic carbocycles. The van der Waals surface area contributed by atoms with Gasteiger partial charge in [-0.3, -0.25) is 4.79 Å². The Balaban J connectivity index is 2.35. The van der Waals surface area contributed by atoms with E-state index in [9.17, 15) is 4.79 Å². The zero-order chi connectivity index (χ0) is 14.3. The van der Waals surface area contributed by atoms with Crippen molar-refractivity contribution in [3.8, 4) is 0 Å². The molecule has 1 amide bonds. The number of rotatable bonds is 8. The van der Waals surface area contributed by atoms with E-state index in [0.29, 0.717) is 12.3 Å². The molecule has 1 rings (SSSR count). The lowest BCUT2D eigenvalue weighted by Gasteiger charge is -2.31. The van der Waals surface area contributed by atoms with Crippen LogP contribution in [0.4, 0.5) is 0 Å². The zero-order valence-electron chi connectivity index (χ0n) is 12.7. The van der Waals surface area contributed by atoms with E-state index in [0.717, 1.165) is 13.2 Å². The molecule has 19 heavy (non-hydrogen) atoms. The van der Waals surface area contributed by atoms with Gasteiger partial charge in [0.05, 0.1) is 11.6 Å². The molecule has 1 aliphatic rings. The van der Waals surface area contributed by atoms with E-state index >= 15 is 0 Å². The van der Waals surface area contributed by atoms with Crippen molar-refractivity contribution >= 4 is 5.91 Å². The van der Waals surface area contributed by atoms with Crippen LogP contribution in [-0.2, 0) is 9.53 Å². The second-order valence-corrected chi connectivity index (χ2v) is 6.08. The van der Waals surface area contributed by atoms with Gasteiger partial charge in [-0.25, -0.2) is 0 Å². The number of ether oxygens (including phenoxy) is 1. The first-order chi connectivity index (χ1) is 8.98. The van der Waals surface area contributed by atoms with Gasteiger partial charge in [0.15, 0.2) is 0 Å². The summed E-state index contributed by atoms with van der Waals surface area (Å²) in [5, 5.41) is 3.17. The molecule has 1 aliphatic carbocycles. The average Bonchev–Trinajstić information content (AvgIpc) is 2.37. The van der Waals surface area contributed by atoms with Crippen LogP contribution in [0.25, 0.3) is 0 Å². The largest absolute Gasteiger partial charge is 0.378 e. The van der Waals surface area contributed by atoms with Gasteiger partial charge in [-0.1, -0.05) is 26.2 Å². The molecule has 0 radical (unpaired) electrons. The van der Waals surface area contributed by atoms with Gasteiger partial charge < -0.3 is 15.8 Å². The van der Waals surface area contributed by atoms with E-state index in [2.05, 4.69) is 5.32 Å². The lowest BCUT2D eigenvalue weighted by atomic mass is 9.90. The molecule has 0 heterocycles. The fourth-order valence-electron chi connectivity index (χ4n) is 2.94. The predicted octanol–water partition coefficient (Wildman–Crippen LogP) is 2.22. The van der Waals surface area contributed by atoms with Gasteiger partial charge in [-0.05, 0) is 39.2 Å². The molecule has 4 heteroatoms. The number of primary amides is 1. The molecule has 112 valence electrons. The molecule has 0 bridgehead atoms. The number of hydrogen-bond acceptors (Lipinski definition) is 3. The van der Waals surface area contributed by atoms with Crippen molar-refractivity contribution < 1.29 is 9.53 Å². The Labute approximate surface area is 117 Å². The molecular formula is C15H30N2O2. The normalized spacial score (nSPS) is 21.8. The first-order valence-electron chi connectivity index (χ1n) is 7.64. The SMILES string of the molecule is CCNC(C)(CC(C)OCC1CCCCC1)C(N)=O. The van der Waals surface area contributed by atoms with Crippen molar-refractivity contribution in [3.05, 3.63) is 0 Å². The van der Waals surface area contributed by atoms with Crippen molar-refractivity contribution in [2.45, 2.75) is 70.9 Å². The molecule has 0 aliphatic heterocycles. The van der Waals surface area contributed by atoms with Gasteiger partial charge in [-0.15, -0.1) is 0 Å². The summed E-state index contributed by atoms with van der Waals surface area (Å²) < 4.78 is 5.93. The Morgan fingerprint density at radius 3 is 2.58 bits per heavy atom. The fourth-order valence-corrected chi connectivity index (χ4v) is 2.94. The zero-order valence-corrected chi connectivity index (χ0v) is 12.7. The average molecular weight is 270 g/mol. The van der Waals surface area contributed by atoms with Gasteiger partial charge in [0.2, 0.25) is 5.91 Å². The topological polar surface area (TPSA) is 64.3 Å². The summed E-state index contributed by atoms with van der Waals surface area (Å²) in [4.78, 5) is 11.6. The van der Waals surface area contributed by atoms with Crippen LogP contribution in [0.15, 0.2) is 0 Å². The number of carbonyl (C=O) groups is 1. The highest BCUT2D eigenvalue weighted by Gasteiger charge is 2.32. The molecule has 0 aromatic heterocycles. The van der Waals surface area contributed by atoms with Crippen molar-refractivity contribution in [2.24, 2.45) is 11.7 Å². The summed E-state index contributed by atoms with van der Waals surface area (Å²) in [7, 11) is 0. The quantitative estimate of drug-likeness (QED) is 0.711.